The summed E-state index contributed by atoms with van der Waals surface area (Å²) in [6.07, 6.45) is 1.82. The number of hydrogen-bond donors (Lipinski definition) is 2. The van der Waals surface area contributed by atoms with Crippen LogP contribution in [0.3, 0.4) is 0 Å². The van der Waals surface area contributed by atoms with E-state index < -0.39 is 0 Å². The Balaban J connectivity index is 2.17. The average molecular weight is 233 g/mol. The largest absolute Gasteiger partial charge is 0.305 e. The third-order valence-electron chi connectivity index (χ3n) is 2.56. The quantitative estimate of drug-likeness (QED) is 0.843. The highest BCUT2D eigenvalue weighted by Gasteiger charge is 2.15. The highest BCUT2D eigenvalue weighted by Crippen LogP contribution is 2.12. The minimum Gasteiger partial charge on any atom is -0.305 e. The summed E-state index contributed by atoms with van der Waals surface area (Å²) < 4.78 is 1.75. The van der Waals surface area contributed by atoms with Crippen molar-refractivity contribution in [3.8, 4) is 0 Å². The zero-order valence-electron chi connectivity index (χ0n) is 10.1. The standard InChI is InChI=1S/C11H15N5O/c1-4-16-6-5-9(15-16)12-11(17)10-7(2)13-14-8(10)3/h5-6H,4H2,1-3H3,(H,13,14)(H,12,15,17). The first kappa shape index (κ1) is 11.4. The Kier molecular flexibility index (Phi) is 2.95. The van der Waals surface area contributed by atoms with Crippen LogP contribution in [0.1, 0.15) is 28.7 Å². The molecule has 0 radical (unpaired) electrons. The molecule has 6 nitrogen and oxygen atoms in total. The van der Waals surface area contributed by atoms with E-state index in [2.05, 4.69) is 20.6 Å². The first-order chi connectivity index (χ1) is 8.11. The second-order valence-corrected chi connectivity index (χ2v) is 3.82. The second-order valence-electron chi connectivity index (χ2n) is 3.82. The Morgan fingerprint density at radius 2 is 2.29 bits per heavy atom. The van der Waals surface area contributed by atoms with Crippen molar-refractivity contribution in [2.24, 2.45) is 0 Å². The van der Waals surface area contributed by atoms with Crippen molar-refractivity contribution < 1.29 is 4.79 Å². The third kappa shape index (κ3) is 2.20. The molecule has 17 heavy (non-hydrogen) atoms. The normalized spacial score (nSPS) is 10.5. The van der Waals surface area contributed by atoms with Crippen molar-refractivity contribution in [1.82, 2.24) is 20.0 Å². The number of hydrogen-bond acceptors (Lipinski definition) is 3. The van der Waals surface area contributed by atoms with E-state index in [0.29, 0.717) is 17.1 Å². The number of rotatable bonds is 3. The Morgan fingerprint density at radius 3 is 2.82 bits per heavy atom. The average Bonchev–Trinajstić information content (AvgIpc) is 2.86. The van der Waals surface area contributed by atoms with Crippen LogP contribution in [0.15, 0.2) is 12.3 Å². The van der Waals surface area contributed by atoms with E-state index in [9.17, 15) is 4.79 Å². The fraction of sp³-hybridized carbons (Fsp3) is 0.364. The maximum atomic E-state index is 12.0. The van der Waals surface area contributed by atoms with Crippen LogP contribution in [0.5, 0.6) is 0 Å². The molecule has 0 aliphatic rings. The van der Waals surface area contributed by atoms with Crippen molar-refractivity contribution in [2.45, 2.75) is 27.3 Å². The van der Waals surface area contributed by atoms with E-state index in [1.54, 1.807) is 17.7 Å². The number of anilines is 1. The Labute approximate surface area is 99.0 Å². The molecule has 2 aromatic rings. The topological polar surface area (TPSA) is 75.6 Å². The summed E-state index contributed by atoms with van der Waals surface area (Å²) in [5.41, 5.74) is 2.03. The number of carbonyl (C=O) groups excluding carboxylic acids is 1. The molecular weight excluding hydrogens is 218 g/mol. The molecule has 0 aliphatic carbocycles. The van der Waals surface area contributed by atoms with Crippen LogP contribution >= 0.6 is 0 Å². The molecule has 0 aromatic carbocycles. The van der Waals surface area contributed by atoms with Gasteiger partial charge in [-0.1, -0.05) is 0 Å². The number of aromatic amines is 1. The van der Waals surface area contributed by atoms with Gasteiger partial charge in [-0.15, -0.1) is 0 Å². The van der Waals surface area contributed by atoms with Gasteiger partial charge in [0, 0.05) is 24.5 Å². The lowest BCUT2D eigenvalue weighted by atomic mass is 10.2. The molecule has 2 N–H and O–H groups in total. The Morgan fingerprint density at radius 1 is 1.53 bits per heavy atom. The summed E-state index contributed by atoms with van der Waals surface area (Å²) >= 11 is 0. The van der Waals surface area contributed by atoms with Gasteiger partial charge in [-0.3, -0.25) is 14.6 Å². The zero-order valence-corrected chi connectivity index (χ0v) is 10.1. The number of nitrogens with one attached hydrogen (secondary N) is 2. The molecular formula is C11H15N5O. The number of aromatic nitrogens is 4. The predicted molar refractivity (Wildman–Crippen MR) is 63.9 cm³/mol. The molecule has 0 bridgehead atoms. The van der Waals surface area contributed by atoms with Gasteiger partial charge in [0.2, 0.25) is 0 Å². The molecule has 0 spiro atoms. The number of carbonyl (C=O) groups is 1. The maximum Gasteiger partial charge on any atom is 0.260 e. The highest BCUT2D eigenvalue weighted by atomic mass is 16.1. The van der Waals surface area contributed by atoms with E-state index in [1.165, 1.54) is 0 Å². The lowest BCUT2D eigenvalue weighted by Gasteiger charge is -2.01. The third-order valence-corrected chi connectivity index (χ3v) is 2.56. The smallest absolute Gasteiger partial charge is 0.260 e. The van der Waals surface area contributed by atoms with Crippen LogP contribution < -0.4 is 5.32 Å². The highest BCUT2D eigenvalue weighted by molar-refractivity contribution is 6.05. The fourth-order valence-corrected chi connectivity index (χ4v) is 1.67. The van der Waals surface area contributed by atoms with Gasteiger partial charge in [0.1, 0.15) is 0 Å². The maximum absolute atomic E-state index is 12.0. The van der Waals surface area contributed by atoms with E-state index in [1.807, 2.05) is 20.0 Å². The van der Waals surface area contributed by atoms with Crippen LogP contribution in [-0.2, 0) is 6.54 Å². The van der Waals surface area contributed by atoms with Gasteiger partial charge in [-0.05, 0) is 20.8 Å². The SMILES string of the molecule is CCn1ccc(NC(=O)c2c(C)n[nH]c2C)n1. The lowest BCUT2D eigenvalue weighted by molar-refractivity contribution is 0.102. The number of aryl methyl sites for hydroxylation is 3. The summed E-state index contributed by atoms with van der Waals surface area (Å²) in [5, 5.41) is 13.7. The first-order valence-electron chi connectivity index (χ1n) is 5.48. The van der Waals surface area contributed by atoms with E-state index in [0.717, 1.165) is 12.2 Å². The van der Waals surface area contributed by atoms with Crippen LogP contribution in [0, 0.1) is 13.8 Å². The first-order valence-corrected chi connectivity index (χ1v) is 5.48. The molecule has 0 atom stereocenters. The van der Waals surface area contributed by atoms with Gasteiger partial charge in [0.05, 0.1) is 11.3 Å². The minimum absolute atomic E-state index is 0.185. The number of nitrogens with zero attached hydrogens (tertiary/aromatic N) is 3. The van der Waals surface area contributed by atoms with Crippen LogP contribution in [0.4, 0.5) is 5.82 Å². The summed E-state index contributed by atoms with van der Waals surface area (Å²) in [7, 11) is 0. The van der Waals surface area contributed by atoms with Gasteiger partial charge in [-0.25, -0.2) is 0 Å². The predicted octanol–water partition coefficient (Wildman–Crippen LogP) is 1.50. The molecule has 0 saturated carbocycles. The van der Waals surface area contributed by atoms with E-state index in [-0.39, 0.29) is 5.91 Å². The molecule has 0 saturated heterocycles. The number of H-pyrrole nitrogens is 1. The van der Waals surface area contributed by atoms with Gasteiger partial charge in [-0.2, -0.15) is 10.2 Å². The van der Waals surface area contributed by atoms with Crippen molar-refractivity contribution >= 4 is 11.7 Å². The van der Waals surface area contributed by atoms with Crippen LogP contribution in [-0.4, -0.2) is 25.9 Å². The van der Waals surface area contributed by atoms with Crippen molar-refractivity contribution in [3.05, 3.63) is 29.2 Å². The van der Waals surface area contributed by atoms with Gasteiger partial charge in [0.15, 0.2) is 5.82 Å². The van der Waals surface area contributed by atoms with Crippen molar-refractivity contribution in [3.63, 3.8) is 0 Å². The van der Waals surface area contributed by atoms with Gasteiger partial charge < -0.3 is 5.32 Å². The summed E-state index contributed by atoms with van der Waals surface area (Å²) in [5.74, 6) is 0.368. The molecule has 0 fully saturated rings. The molecule has 1 amide bonds. The van der Waals surface area contributed by atoms with E-state index >= 15 is 0 Å². The van der Waals surface area contributed by atoms with Crippen molar-refractivity contribution in [2.75, 3.05) is 5.32 Å². The van der Waals surface area contributed by atoms with Gasteiger partial charge >= 0.3 is 0 Å². The molecule has 2 rings (SSSR count). The van der Waals surface area contributed by atoms with Crippen LogP contribution in [0.25, 0.3) is 0 Å². The monoisotopic (exact) mass is 233 g/mol. The molecule has 2 aromatic heterocycles. The minimum atomic E-state index is -0.185. The summed E-state index contributed by atoms with van der Waals surface area (Å²) in [6.45, 7) is 6.38. The fourth-order valence-electron chi connectivity index (χ4n) is 1.67. The lowest BCUT2D eigenvalue weighted by Crippen LogP contribution is -2.14. The summed E-state index contributed by atoms with van der Waals surface area (Å²) in [4.78, 5) is 12.0. The molecule has 0 aliphatic heterocycles. The molecule has 2 heterocycles. The summed E-state index contributed by atoms with van der Waals surface area (Å²) in [6, 6.07) is 1.77. The Hall–Kier alpha value is -2.11. The van der Waals surface area contributed by atoms with Crippen LogP contribution in [0.2, 0.25) is 0 Å². The van der Waals surface area contributed by atoms with Gasteiger partial charge in [0.25, 0.3) is 5.91 Å². The Bertz CT molecular complexity index is 520. The van der Waals surface area contributed by atoms with E-state index in [4.69, 9.17) is 0 Å². The number of amides is 1. The van der Waals surface area contributed by atoms with Crippen molar-refractivity contribution in [1.29, 1.82) is 0 Å². The second kappa shape index (κ2) is 4.40. The molecule has 0 unspecified atom stereocenters. The molecule has 6 heteroatoms. The molecule has 90 valence electrons. The zero-order chi connectivity index (χ0) is 12.4.